The molecule has 19 heteroatoms. The largest absolute Gasteiger partial charge is 2.00 e. The molecule has 229 valence electrons. The summed E-state index contributed by atoms with van der Waals surface area (Å²) in [5, 5.41) is 0. The van der Waals surface area contributed by atoms with Crippen LogP contribution in [0.2, 0.25) is 0 Å². The zero-order valence-corrected chi connectivity index (χ0v) is 22.7. The number of rotatable bonds is 0. The molecule has 0 unspecified atom stereocenters. The van der Waals surface area contributed by atoms with Crippen molar-refractivity contribution in [1.29, 1.82) is 0 Å². The topological polar surface area (TPSA) is 166 Å². The Morgan fingerprint density at radius 1 is 0.390 bits per heavy atom. The zero-order valence-electron chi connectivity index (χ0n) is 20.2. The summed E-state index contributed by atoms with van der Waals surface area (Å²) in [5.74, 6) is 0. The molecule has 0 spiro atoms. The van der Waals surface area contributed by atoms with Crippen LogP contribution in [0.4, 0.5) is 26.3 Å². The summed E-state index contributed by atoms with van der Waals surface area (Å²) < 4.78 is 118. The standard InChI is InChI=1S/4C5H5N.2CHF3O3S.Cu/c4*1-2-4-6-5-3-1;2*2-1(3,4)8(5,6)7;/h4*1-5H;2*(H,5,6,7);/q;;;;;;+2/p-2. The molecule has 0 aliphatic carbocycles. The minimum Gasteiger partial charge on any atom is -0.741 e. The molecule has 0 aliphatic heterocycles. The van der Waals surface area contributed by atoms with Crippen molar-refractivity contribution in [3.8, 4) is 0 Å². The van der Waals surface area contributed by atoms with E-state index in [1.807, 2.05) is 72.8 Å². The molecule has 10 nitrogen and oxygen atoms in total. The van der Waals surface area contributed by atoms with Crippen molar-refractivity contribution in [2.45, 2.75) is 11.0 Å². The molecule has 0 bridgehead atoms. The van der Waals surface area contributed by atoms with Gasteiger partial charge in [0.25, 0.3) is 0 Å². The van der Waals surface area contributed by atoms with Gasteiger partial charge in [0.05, 0.1) is 0 Å². The minimum atomic E-state index is -6.09. The predicted octanol–water partition coefficient (Wildman–Crippen LogP) is 4.43. The molecule has 4 rings (SSSR count). The third kappa shape index (κ3) is 29.3. The van der Waals surface area contributed by atoms with E-state index >= 15 is 0 Å². The van der Waals surface area contributed by atoms with E-state index in [-0.39, 0.29) is 17.1 Å². The Hall–Kier alpha value is -3.48. The Labute approximate surface area is 242 Å². The van der Waals surface area contributed by atoms with Crippen molar-refractivity contribution in [3.05, 3.63) is 122 Å². The second kappa shape index (κ2) is 23.2. The van der Waals surface area contributed by atoms with Gasteiger partial charge in [-0.3, -0.25) is 19.9 Å². The summed E-state index contributed by atoms with van der Waals surface area (Å²) in [6.45, 7) is 0. The number of hydrogen-bond donors (Lipinski definition) is 0. The summed E-state index contributed by atoms with van der Waals surface area (Å²) in [6, 6.07) is 22.9. The van der Waals surface area contributed by atoms with E-state index in [0.717, 1.165) is 0 Å². The van der Waals surface area contributed by atoms with Crippen molar-refractivity contribution in [3.63, 3.8) is 0 Å². The second-order valence-electron chi connectivity index (χ2n) is 5.90. The van der Waals surface area contributed by atoms with Crippen LogP contribution in [0.1, 0.15) is 0 Å². The van der Waals surface area contributed by atoms with Crippen molar-refractivity contribution >= 4 is 20.2 Å². The Bertz CT molecular complexity index is 1040. The van der Waals surface area contributed by atoms with Crippen LogP contribution in [0.5, 0.6) is 0 Å². The summed E-state index contributed by atoms with van der Waals surface area (Å²) >= 11 is 0. The summed E-state index contributed by atoms with van der Waals surface area (Å²) in [5.41, 5.74) is -11.3. The van der Waals surface area contributed by atoms with Crippen LogP contribution in [0.3, 0.4) is 0 Å². The van der Waals surface area contributed by atoms with E-state index in [1.54, 1.807) is 49.6 Å². The average molecular weight is 678 g/mol. The van der Waals surface area contributed by atoms with Gasteiger partial charge >= 0.3 is 28.1 Å². The number of pyridine rings is 4. The average Bonchev–Trinajstić information content (AvgIpc) is 2.92. The fraction of sp³-hybridized carbons (Fsp3) is 0.0909. The number of nitrogens with zero attached hydrogens (tertiary/aromatic N) is 4. The minimum absolute atomic E-state index is 0. The first-order chi connectivity index (χ1) is 18.5. The summed E-state index contributed by atoms with van der Waals surface area (Å²) in [4.78, 5) is 15.1. The molecule has 4 heterocycles. The van der Waals surface area contributed by atoms with Gasteiger partial charge in [-0.1, -0.05) is 24.3 Å². The first-order valence-corrected chi connectivity index (χ1v) is 12.8. The Morgan fingerprint density at radius 2 is 0.512 bits per heavy atom. The maximum atomic E-state index is 10.7. The van der Waals surface area contributed by atoms with Crippen molar-refractivity contribution in [1.82, 2.24) is 19.9 Å². The SMILES string of the molecule is O=S(=O)([O-])C(F)(F)F.O=S(=O)([O-])C(F)(F)F.[Cu+2].c1ccncc1.c1ccncc1.c1ccncc1.c1ccncc1. The summed E-state index contributed by atoms with van der Waals surface area (Å²) in [6.07, 6.45) is 14.0. The van der Waals surface area contributed by atoms with Crippen molar-refractivity contribution in [2.75, 3.05) is 0 Å². The van der Waals surface area contributed by atoms with Crippen LogP contribution in [0.25, 0.3) is 0 Å². The maximum absolute atomic E-state index is 10.7. The molecular weight excluding hydrogens is 658 g/mol. The van der Waals surface area contributed by atoms with E-state index in [9.17, 15) is 26.3 Å². The molecule has 0 aliphatic rings. The van der Waals surface area contributed by atoms with Crippen LogP contribution < -0.4 is 0 Å². The Morgan fingerprint density at radius 3 is 0.537 bits per heavy atom. The van der Waals surface area contributed by atoms with Crippen LogP contribution in [0, 0.1) is 0 Å². The van der Waals surface area contributed by atoms with Gasteiger partial charge in [0, 0.05) is 49.6 Å². The van der Waals surface area contributed by atoms with E-state index in [0.29, 0.717) is 0 Å². The van der Waals surface area contributed by atoms with Crippen LogP contribution >= 0.6 is 0 Å². The van der Waals surface area contributed by atoms with Gasteiger partial charge < -0.3 is 9.11 Å². The van der Waals surface area contributed by atoms with Gasteiger partial charge in [0.1, 0.15) is 0 Å². The van der Waals surface area contributed by atoms with Crippen LogP contribution in [-0.2, 0) is 37.3 Å². The van der Waals surface area contributed by atoms with Gasteiger partial charge in [0.2, 0.25) is 0 Å². The van der Waals surface area contributed by atoms with Gasteiger partial charge in [-0.25, -0.2) is 16.8 Å². The fourth-order valence-electron chi connectivity index (χ4n) is 1.25. The molecule has 0 amide bonds. The molecule has 0 aromatic carbocycles. The molecule has 4 aromatic rings. The van der Waals surface area contributed by atoms with Crippen LogP contribution in [0.15, 0.2) is 122 Å². The fourth-order valence-corrected chi connectivity index (χ4v) is 1.25. The van der Waals surface area contributed by atoms with Crippen LogP contribution in [-0.4, -0.2) is 56.9 Å². The van der Waals surface area contributed by atoms with Gasteiger partial charge in [-0.2, -0.15) is 26.3 Å². The monoisotopic (exact) mass is 677 g/mol. The van der Waals surface area contributed by atoms with Gasteiger partial charge in [-0.15, -0.1) is 0 Å². The maximum Gasteiger partial charge on any atom is 2.00 e. The van der Waals surface area contributed by atoms with E-state index < -0.39 is 31.3 Å². The molecule has 0 saturated heterocycles. The quantitative estimate of drug-likeness (QED) is 0.112. The molecule has 41 heavy (non-hydrogen) atoms. The smallest absolute Gasteiger partial charge is 0.741 e. The number of aromatic nitrogens is 4. The van der Waals surface area contributed by atoms with E-state index in [2.05, 4.69) is 19.9 Å². The third-order valence-electron chi connectivity index (χ3n) is 2.83. The van der Waals surface area contributed by atoms with Crippen molar-refractivity contribution < 1.29 is 69.4 Å². The van der Waals surface area contributed by atoms with E-state index in [4.69, 9.17) is 25.9 Å². The molecular formula is C22H20CuF6N4O6S2. The van der Waals surface area contributed by atoms with Gasteiger partial charge in [0.15, 0.2) is 20.2 Å². The molecule has 0 saturated carbocycles. The Balaban J connectivity index is -0.000000422. The van der Waals surface area contributed by atoms with Gasteiger partial charge in [-0.05, 0) is 48.5 Å². The zero-order chi connectivity index (χ0) is 31.0. The molecule has 0 N–H and O–H groups in total. The second-order valence-corrected chi connectivity index (χ2v) is 8.64. The number of alkyl halides is 6. The first kappa shape index (κ1) is 42.0. The Kier molecular flexibility index (Phi) is 23.8. The first-order valence-electron chi connectivity index (χ1n) is 9.94. The molecule has 0 fully saturated rings. The third-order valence-corrected chi connectivity index (χ3v) is 3.97. The van der Waals surface area contributed by atoms with Crippen molar-refractivity contribution in [2.24, 2.45) is 0 Å². The predicted molar refractivity (Wildman–Crippen MR) is 128 cm³/mol. The summed E-state index contributed by atoms with van der Waals surface area (Å²) in [7, 11) is -12.2. The molecule has 4 aromatic heterocycles. The normalized spacial score (nSPS) is 10.1. The molecule has 0 atom stereocenters. The molecule has 1 radical (unpaired) electrons. The number of hydrogen-bond acceptors (Lipinski definition) is 10. The number of halogens is 6. The van der Waals surface area contributed by atoms with E-state index in [1.165, 1.54) is 0 Å².